The number of nitrogens with one attached hydrogen (secondary N) is 2. The molecular formula is C34H35F3N2O6S2. The molecule has 1 atom stereocenters. The lowest BCUT2D eigenvalue weighted by Crippen LogP contribution is -2.40. The molecule has 0 radical (unpaired) electrons. The molecule has 0 fully saturated rings. The van der Waals surface area contributed by atoms with Crippen molar-refractivity contribution in [3.8, 4) is 16.9 Å². The minimum atomic E-state index is -4.65. The molecule has 0 aliphatic rings. The van der Waals surface area contributed by atoms with Crippen LogP contribution in [0.3, 0.4) is 0 Å². The van der Waals surface area contributed by atoms with E-state index >= 15 is 0 Å². The largest absolute Gasteiger partial charge is 0.593 e. The predicted octanol–water partition coefficient (Wildman–Crippen LogP) is 7.30. The van der Waals surface area contributed by atoms with Crippen molar-refractivity contribution in [2.75, 3.05) is 19.0 Å². The van der Waals surface area contributed by atoms with Gasteiger partial charge < -0.3 is 14.6 Å². The number of halogens is 3. The van der Waals surface area contributed by atoms with Crippen LogP contribution in [0.15, 0.2) is 94.7 Å². The molecule has 47 heavy (non-hydrogen) atoms. The number of aryl methyl sites for hydroxylation is 1. The highest BCUT2D eigenvalue weighted by atomic mass is 32.2. The Hall–Kier alpha value is -3.88. The molecule has 13 heteroatoms. The summed E-state index contributed by atoms with van der Waals surface area (Å²) in [4.78, 5) is 13.6. The SMILES string of the molecule is COc1cc(C(=O)Nc2ccc(-c3ccccc3C(F)(F)F)c(CCOS(=O)(=O)c3ccc(C)cc3)c2)ccc1[S+]([O-])NC(C)(C)C. The van der Waals surface area contributed by atoms with Crippen molar-refractivity contribution in [1.82, 2.24) is 4.72 Å². The van der Waals surface area contributed by atoms with E-state index in [1.165, 1.54) is 73.8 Å². The van der Waals surface area contributed by atoms with Gasteiger partial charge in [-0.2, -0.15) is 21.6 Å². The highest BCUT2D eigenvalue weighted by Gasteiger charge is 2.34. The summed E-state index contributed by atoms with van der Waals surface area (Å²) in [6.07, 6.45) is -4.74. The maximum absolute atomic E-state index is 14.0. The Morgan fingerprint density at radius 1 is 0.915 bits per heavy atom. The number of hydrogen-bond acceptors (Lipinski definition) is 7. The van der Waals surface area contributed by atoms with Crippen LogP contribution >= 0.6 is 0 Å². The van der Waals surface area contributed by atoms with E-state index in [2.05, 4.69) is 10.0 Å². The Kier molecular flexibility index (Phi) is 11.1. The van der Waals surface area contributed by atoms with Crippen molar-refractivity contribution in [3.63, 3.8) is 0 Å². The monoisotopic (exact) mass is 688 g/mol. The third-order valence-corrected chi connectivity index (χ3v) is 9.69. The zero-order valence-corrected chi connectivity index (χ0v) is 28.0. The van der Waals surface area contributed by atoms with Crippen molar-refractivity contribution >= 4 is 33.1 Å². The molecular weight excluding hydrogens is 654 g/mol. The first-order valence-corrected chi connectivity index (χ1v) is 17.0. The number of ether oxygens (including phenoxy) is 1. The summed E-state index contributed by atoms with van der Waals surface area (Å²) in [6.45, 7) is 7.01. The van der Waals surface area contributed by atoms with Crippen molar-refractivity contribution in [1.29, 1.82) is 0 Å². The molecule has 0 saturated heterocycles. The number of carbonyl (C=O) groups excluding carboxylic acids is 1. The third kappa shape index (κ3) is 9.36. The molecule has 1 amide bonds. The molecule has 0 heterocycles. The van der Waals surface area contributed by atoms with Crippen molar-refractivity contribution in [2.24, 2.45) is 0 Å². The standard InChI is InChI=1S/C34H35F3N2O6S2/c1-22-10-14-26(15-11-22)47(42,43)45-19-18-23-20-25(13-16-27(23)28-8-6-7-9-29(28)34(35,36)37)38-32(40)24-12-17-31(30(21-24)44-5)46(41)39-33(2,3)4/h6-17,20-21,39H,18-19H2,1-5H3,(H,38,40). The summed E-state index contributed by atoms with van der Waals surface area (Å²) in [5, 5.41) is 2.73. The molecule has 4 rings (SSSR count). The fourth-order valence-corrected chi connectivity index (χ4v) is 6.73. The molecule has 8 nitrogen and oxygen atoms in total. The number of anilines is 1. The van der Waals surface area contributed by atoms with Gasteiger partial charge in [-0.3, -0.25) is 8.98 Å². The lowest BCUT2D eigenvalue weighted by molar-refractivity contribution is -0.137. The van der Waals surface area contributed by atoms with Gasteiger partial charge in [-0.05, 0) is 99.3 Å². The predicted molar refractivity (Wildman–Crippen MR) is 175 cm³/mol. The average molecular weight is 689 g/mol. The van der Waals surface area contributed by atoms with Gasteiger partial charge in [0, 0.05) is 11.3 Å². The second-order valence-corrected chi connectivity index (χ2v) is 14.5. The number of rotatable bonds is 11. The molecule has 0 aliphatic heterocycles. The number of alkyl halides is 3. The van der Waals surface area contributed by atoms with Gasteiger partial charge in [-0.25, -0.2) is 0 Å². The van der Waals surface area contributed by atoms with E-state index < -0.39 is 44.7 Å². The van der Waals surface area contributed by atoms with E-state index in [9.17, 15) is 30.9 Å². The first kappa shape index (κ1) is 36.0. The Morgan fingerprint density at radius 3 is 2.23 bits per heavy atom. The minimum Gasteiger partial charge on any atom is -0.593 e. The Bertz CT molecular complexity index is 1840. The number of hydrogen-bond donors (Lipinski definition) is 2. The van der Waals surface area contributed by atoms with Gasteiger partial charge in [-0.1, -0.05) is 42.0 Å². The molecule has 0 aromatic heterocycles. The van der Waals surface area contributed by atoms with Crippen LogP contribution < -0.4 is 14.8 Å². The zero-order valence-electron chi connectivity index (χ0n) is 26.4. The molecule has 250 valence electrons. The van der Waals surface area contributed by atoms with E-state index in [1.807, 2.05) is 27.7 Å². The highest BCUT2D eigenvalue weighted by Crippen LogP contribution is 2.39. The minimum absolute atomic E-state index is 0.0498. The number of benzene rings is 4. The van der Waals surface area contributed by atoms with Gasteiger partial charge in [0.2, 0.25) is 4.90 Å². The van der Waals surface area contributed by atoms with E-state index in [-0.39, 0.29) is 46.1 Å². The smallest absolute Gasteiger partial charge is 0.417 e. The van der Waals surface area contributed by atoms with E-state index in [4.69, 9.17) is 8.92 Å². The topological polar surface area (TPSA) is 117 Å². The van der Waals surface area contributed by atoms with Crippen LogP contribution in [0.2, 0.25) is 0 Å². The Morgan fingerprint density at radius 2 is 1.60 bits per heavy atom. The summed E-state index contributed by atoms with van der Waals surface area (Å²) in [5.74, 6) is -0.337. The lowest BCUT2D eigenvalue weighted by Gasteiger charge is -2.22. The van der Waals surface area contributed by atoms with Crippen LogP contribution in [0.4, 0.5) is 18.9 Å². The highest BCUT2D eigenvalue weighted by molar-refractivity contribution is 7.89. The van der Waals surface area contributed by atoms with Gasteiger partial charge in [0.1, 0.15) is 0 Å². The van der Waals surface area contributed by atoms with Crippen LogP contribution in [0.1, 0.15) is 47.8 Å². The number of methoxy groups -OCH3 is 1. The van der Waals surface area contributed by atoms with E-state index in [1.54, 1.807) is 12.1 Å². The van der Waals surface area contributed by atoms with Crippen LogP contribution in [-0.2, 0) is 38.3 Å². The Labute approximate surface area is 275 Å². The van der Waals surface area contributed by atoms with Gasteiger partial charge in [-0.15, -0.1) is 4.72 Å². The van der Waals surface area contributed by atoms with Gasteiger partial charge in [0.15, 0.2) is 5.75 Å². The summed E-state index contributed by atoms with van der Waals surface area (Å²) in [6, 6.07) is 19.9. The fourth-order valence-electron chi connectivity index (χ4n) is 4.64. The maximum Gasteiger partial charge on any atom is 0.417 e. The van der Waals surface area contributed by atoms with E-state index in [0.717, 1.165) is 11.6 Å². The maximum atomic E-state index is 14.0. The summed E-state index contributed by atoms with van der Waals surface area (Å²) >= 11 is -1.62. The number of carbonyl (C=O) groups is 1. The summed E-state index contributed by atoms with van der Waals surface area (Å²) < 4.78 is 93.8. The molecule has 4 aromatic rings. The summed E-state index contributed by atoms with van der Waals surface area (Å²) in [5.41, 5.74) is 0.384. The fraction of sp³-hybridized carbons (Fsp3) is 0.265. The second kappa shape index (κ2) is 14.5. The van der Waals surface area contributed by atoms with Crippen molar-refractivity contribution in [3.05, 3.63) is 107 Å². The normalized spacial score (nSPS) is 12.9. The third-order valence-electron chi connectivity index (χ3n) is 6.83. The lowest BCUT2D eigenvalue weighted by atomic mass is 9.93. The van der Waals surface area contributed by atoms with Crippen LogP contribution in [-0.4, -0.2) is 38.1 Å². The Balaban J connectivity index is 1.64. The molecule has 0 saturated carbocycles. The van der Waals surface area contributed by atoms with E-state index in [0.29, 0.717) is 10.5 Å². The second-order valence-electron chi connectivity index (χ2n) is 11.7. The molecule has 2 N–H and O–H groups in total. The molecule has 0 bridgehead atoms. The molecule has 0 spiro atoms. The first-order valence-electron chi connectivity index (χ1n) is 14.4. The first-order chi connectivity index (χ1) is 22.0. The van der Waals surface area contributed by atoms with Gasteiger partial charge >= 0.3 is 6.18 Å². The van der Waals surface area contributed by atoms with Gasteiger partial charge in [0.25, 0.3) is 16.0 Å². The quantitative estimate of drug-likeness (QED) is 0.126. The molecule has 0 aliphatic carbocycles. The van der Waals surface area contributed by atoms with Crippen LogP contribution in [0, 0.1) is 6.92 Å². The summed E-state index contributed by atoms with van der Waals surface area (Å²) in [7, 11) is -2.75. The zero-order chi connectivity index (χ0) is 34.6. The van der Waals surface area contributed by atoms with Crippen LogP contribution in [0.25, 0.3) is 11.1 Å². The van der Waals surface area contributed by atoms with Crippen molar-refractivity contribution in [2.45, 2.75) is 55.6 Å². The molecule has 1 unspecified atom stereocenters. The average Bonchev–Trinajstić information content (AvgIpc) is 2.99. The van der Waals surface area contributed by atoms with Crippen LogP contribution in [0.5, 0.6) is 5.75 Å². The number of amides is 1. The molecule has 4 aromatic carbocycles. The van der Waals surface area contributed by atoms with Crippen molar-refractivity contribution < 1.29 is 39.9 Å². The van der Waals surface area contributed by atoms with Gasteiger partial charge in [0.05, 0.1) is 41.1 Å².